The molecule has 0 rings (SSSR count). The molecule has 6 atom stereocenters. The van der Waals surface area contributed by atoms with Gasteiger partial charge in [0, 0.05) is 14.7 Å². The van der Waals surface area contributed by atoms with Crippen LogP contribution in [0.3, 0.4) is 0 Å². The van der Waals surface area contributed by atoms with Crippen molar-refractivity contribution in [3.05, 3.63) is 0 Å². The van der Waals surface area contributed by atoms with Crippen molar-refractivity contribution in [3.8, 4) is 0 Å². The summed E-state index contributed by atoms with van der Waals surface area (Å²) in [5.41, 5.74) is 0. The van der Waals surface area contributed by atoms with Gasteiger partial charge in [0.05, 0.1) is 0 Å². The lowest BCUT2D eigenvalue weighted by molar-refractivity contribution is 0.521. The fraction of sp³-hybridized carbons (Fsp3) is 1.00. The van der Waals surface area contributed by atoms with Crippen molar-refractivity contribution in [1.29, 1.82) is 0 Å². The molecule has 0 radical (unpaired) electrons. The van der Waals surface area contributed by atoms with Crippen molar-refractivity contribution >= 4 is 35.6 Å². The highest BCUT2D eigenvalue weighted by Gasteiger charge is 2.52. The number of hydrogen-bond acceptors (Lipinski definition) is 0. The lowest BCUT2D eigenvalue weighted by atomic mass is 10.1. The van der Waals surface area contributed by atoms with Gasteiger partial charge in [-0.1, -0.05) is 107 Å². The minimum absolute atomic E-state index is 0.161. The van der Waals surface area contributed by atoms with Gasteiger partial charge in [0.25, 0.3) is 0 Å². The molecule has 0 spiro atoms. The maximum atomic E-state index is 3.51. The number of hydrogen-bond donors (Lipinski definition) is 0. The molecule has 0 heterocycles. The molecule has 0 aromatic carbocycles. The summed E-state index contributed by atoms with van der Waals surface area (Å²) >= 11 is 0. The van der Waals surface area contributed by atoms with Crippen LogP contribution >= 0.6 is 35.6 Å². The molecule has 170 valence electrons. The molecule has 28 heavy (non-hydrogen) atoms. The summed E-state index contributed by atoms with van der Waals surface area (Å²) in [6.07, 6.45) is 20.4. The van der Waals surface area contributed by atoms with Crippen LogP contribution in [0, 0.1) is 0 Å². The Morgan fingerprint density at radius 3 is 0.857 bits per heavy atom. The summed E-state index contributed by atoms with van der Waals surface area (Å²) in [6.45, 7) is 14.3. The van der Waals surface area contributed by atoms with Crippen molar-refractivity contribution in [1.82, 2.24) is 0 Å². The monoisotopic (exact) mass is 466 g/mol. The van der Waals surface area contributed by atoms with Gasteiger partial charge in [-0.2, -0.15) is 0 Å². The molecule has 6 unspecified atom stereocenters. The fourth-order valence-corrected chi connectivity index (χ4v) is 17.7. The molecule has 0 aliphatic carbocycles. The normalized spacial score (nSPS) is 19.6. The van der Waals surface area contributed by atoms with E-state index in [0.29, 0.717) is 14.7 Å². The molecule has 0 fully saturated rings. The Labute approximate surface area is 188 Å². The van der Waals surface area contributed by atoms with E-state index in [-0.39, 0.29) is 7.92 Å². The highest BCUT2D eigenvalue weighted by molar-refractivity contribution is 7.78. The Bertz CT molecular complexity index is 332. The molecule has 4 heteroatoms. The van der Waals surface area contributed by atoms with E-state index in [2.05, 4.69) is 69.3 Å². The standard InChI is InChI=1S/C24H54P4/c1-7-13-19-22(25,16-10-4)28(23(26,17-11-5)20-14-8-2)24(27,18-12-6)21-15-9-3/h7-21,25-27H2,1-6H3. The average Bonchev–Trinajstić information content (AvgIpc) is 2.64. The van der Waals surface area contributed by atoms with Gasteiger partial charge in [-0.3, -0.25) is 0 Å². The van der Waals surface area contributed by atoms with Gasteiger partial charge in [-0.05, 0) is 38.5 Å². The first-order valence-corrected chi connectivity index (χ1v) is 15.5. The van der Waals surface area contributed by atoms with Crippen molar-refractivity contribution < 1.29 is 0 Å². The zero-order valence-electron chi connectivity index (χ0n) is 20.3. The molecule has 0 aromatic rings. The Balaban J connectivity index is 6.40. The average molecular weight is 467 g/mol. The van der Waals surface area contributed by atoms with Crippen LogP contribution in [0.2, 0.25) is 0 Å². The van der Waals surface area contributed by atoms with E-state index in [9.17, 15) is 0 Å². The van der Waals surface area contributed by atoms with Gasteiger partial charge in [0.1, 0.15) is 0 Å². The molecule has 0 saturated heterocycles. The first-order valence-electron chi connectivity index (χ1n) is 12.4. The molecule has 0 aliphatic rings. The Hall–Kier alpha value is 1.72. The van der Waals surface area contributed by atoms with Gasteiger partial charge in [-0.25, -0.2) is 0 Å². The van der Waals surface area contributed by atoms with Crippen LogP contribution < -0.4 is 0 Å². The second kappa shape index (κ2) is 15.5. The SMILES string of the molecule is CCCCC(P)(CCC)P(C(P)(CCC)CCCC)C(P)(CCC)CCCC. The molecule has 0 aliphatic heterocycles. The van der Waals surface area contributed by atoms with Crippen molar-refractivity contribution in [3.63, 3.8) is 0 Å². The first kappa shape index (κ1) is 29.7. The minimum Gasteiger partial charge on any atom is -0.126 e. The van der Waals surface area contributed by atoms with Crippen LogP contribution in [-0.4, -0.2) is 14.7 Å². The topological polar surface area (TPSA) is 0 Å². The summed E-state index contributed by atoms with van der Waals surface area (Å²) in [4.78, 5) is 1.28. The summed E-state index contributed by atoms with van der Waals surface area (Å²) in [7, 11) is 10.4. The van der Waals surface area contributed by atoms with Gasteiger partial charge in [0.2, 0.25) is 0 Å². The third-order valence-corrected chi connectivity index (χ3v) is 14.3. The van der Waals surface area contributed by atoms with Gasteiger partial charge in [0.15, 0.2) is 0 Å². The van der Waals surface area contributed by atoms with Gasteiger partial charge >= 0.3 is 0 Å². The molecular formula is C24H54P4. The fourth-order valence-electron chi connectivity index (χ4n) is 5.12. The summed E-state index contributed by atoms with van der Waals surface area (Å²) < 4.78 is 0. The third kappa shape index (κ3) is 9.07. The van der Waals surface area contributed by atoms with E-state index in [0.717, 1.165) is 0 Å². The van der Waals surface area contributed by atoms with Gasteiger partial charge in [-0.15, -0.1) is 27.7 Å². The summed E-state index contributed by atoms with van der Waals surface area (Å²) in [5, 5.41) is 0. The Kier molecular flexibility index (Phi) is 16.5. The lowest BCUT2D eigenvalue weighted by Crippen LogP contribution is -2.40. The van der Waals surface area contributed by atoms with Crippen LogP contribution in [-0.2, 0) is 0 Å². The van der Waals surface area contributed by atoms with Crippen LogP contribution in [0.15, 0.2) is 0 Å². The smallest absolute Gasteiger partial charge is 0.00653 e. The van der Waals surface area contributed by atoms with Crippen LogP contribution in [0.5, 0.6) is 0 Å². The van der Waals surface area contributed by atoms with E-state index >= 15 is 0 Å². The number of rotatable bonds is 18. The van der Waals surface area contributed by atoms with E-state index in [1.165, 1.54) is 96.3 Å². The van der Waals surface area contributed by atoms with E-state index < -0.39 is 0 Å². The maximum absolute atomic E-state index is 3.51. The summed E-state index contributed by atoms with van der Waals surface area (Å²) in [5.74, 6) is 0. The van der Waals surface area contributed by atoms with E-state index in [1.807, 2.05) is 0 Å². The third-order valence-electron chi connectivity index (χ3n) is 6.27. The van der Waals surface area contributed by atoms with Crippen molar-refractivity contribution in [2.24, 2.45) is 0 Å². The predicted molar refractivity (Wildman–Crippen MR) is 148 cm³/mol. The first-order chi connectivity index (χ1) is 13.2. The molecule has 0 saturated carbocycles. The van der Waals surface area contributed by atoms with E-state index in [1.54, 1.807) is 0 Å². The molecule has 0 N–H and O–H groups in total. The van der Waals surface area contributed by atoms with Crippen molar-refractivity contribution in [2.45, 2.75) is 153 Å². The zero-order valence-corrected chi connectivity index (χ0v) is 24.6. The largest absolute Gasteiger partial charge is 0.126 e. The second-order valence-corrected chi connectivity index (χ2v) is 17.3. The quantitative estimate of drug-likeness (QED) is 0.176. The number of unbranched alkanes of at least 4 members (excludes halogenated alkanes) is 3. The molecule has 0 aromatic heterocycles. The van der Waals surface area contributed by atoms with Crippen LogP contribution in [0.1, 0.15) is 138 Å². The second-order valence-electron chi connectivity index (χ2n) is 9.21. The lowest BCUT2D eigenvalue weighted by Gasteiger charge is -2.57. The molecule has 0 nitrogen and oxygen atoms in total. The summed E-state index contributed by atoms with van der Waals surface area (Å²) in [6, 6.07) is 0. The molecule has 0 amide bonds. The molecule has 0 bridgehead atoms. The highest BCUT2D eigenvalue weighted by atomic mass is 31.2. The zero-order chi connectivity index (χ0) is 21.7. The van der Waals surface area contributed by atoms with Crippen molar-refractivity contribution in [2.75, 3.05) is 0 Å². The predicted octanol–water partition coefficient (Wildman–Crippen LogP) is 10.2. The minimum atomic E-state index is -0.161. The molecular weight excluding hydrogens is 412 g/mol. The maximum Gasteiger partial charge on any atom is 0.00653 e. The Morgan fingerprint density at radius 2 is 0.679 bits per heavy atom. The Morgan fingerprint density at radius 1 is 0.429 bits per heavy atom. The van der Waals surface area contributed by atoms with Crippen LogP contribution in [0.4, 0.5) is 0 Å². The van der Waals surface area contributed by atoms with Crippen LogP contribution in [0.25, 0.3) is 0 Å². The van der Waals surface area contributed by atoms with Gasteiger partial charge < -0.3 is 0 Å². The van der Waals surface area contributed by atoms with E-state index in [4.69, 9.17) is 0 Å². The highest BCUT2D eigenvalue weighted by Crippen LogP contribution is 2.80.